The van der Waals surface area contributed by atoms with Crippen LogP contribution in [-0.4, -0.2) is 36.0 Å². The molecular weight excluding hydrogens is 342 g/mol. The molecule has 2 rings (SSSR count). The maximum Gasteiger partial charge on any atom is 0.258 e. The van der Waals surface area contributed by atoms with Crippen molar-refractivity contribution in [2.24, 2.45) is 0 Å². The monoisotopic (exact) mass is 367 g/mol. The molecule has 2 amide bonds. The molecule has 0 saturated carbocycles. The fraction of sp³-hybridized carbons (Fsp3) is 0.286. The van der Waals surface area contributed by atoms with Crippen LogP contribution in [0.15, 0.2) is 54.9 Å². The standard InChI is InChI=1S/C21H25N3O3/c1-16(2)24-21(26)15-27-19-7-3-5-17(13-19)10-12-23-20(25)9-8-18-6-4-11-22-14-18/h3-9,11,13-14,16H,10,12,15H2,1-2H3,(H,23,25)(H,24,26). The van der Waals surface area contributed by atoms with Crippen molar-refractivity contribution in [3.63, 3.8) is 0 Å². The highest BCUT2D eigenvalue weighted by molar-refractivity contribution is 5.91. The van der Waals surface area contributed by atoms with Crippen LogP contribution in [0, 0.1) is 0 Å². The van der Waals surface area contributed by atoms with Crippen LogP contribution in [0.2, 0.25) is 0 Å². The van der Waals surface area contributed by atoms with Gasteiger partial charge in [0.15, 0.2) is 6.61 Å². The topological polar surface area (TPSA) is 80.3 Å². The molecule has 2 aromatic rings. The van der Waals surface area contributed by atoms with E-state index in [9.17, 15) is 9.59 Å². The van der Waals surface area contributed by atoms with Crippen molar-refractivity contribution in [3.05, 3.63) is 66.0 Å². The molecule has 0 radical (unpaired) electrons. The first kappa shape index (κ1) is 20.2. The first-order chi connectivity index (χ1) is 13.0. The van der Waals surface area contributed by atoms with E-state index in [1.807, 2.05) is 44.2 Å². The molecule has 0 bridgehead atoms. The number of pyridine rings is 1. The fourth-order valence-electron chi connectivity index (χ4n) is 2.34. The summed E-state index contributed by atoms with van der Waals surface area (Å²) in [5, 5.41) is 5.62. The Labute approximate surface area is 159 Å². The lowest BCUT2D eigenvalue weighted by Crippen LogP contribution is -2.34. The molecule has 0 aliphatic carbocycles. The van der Waals surface area contributed by atoms with E-state index < -0.39 is 0 Å². The Balaban J connectivity index is 1.75. The smallest absolute Gasteiger partial charge is 0.258 e. The van der Waals surface area contributed by atoms with Gasteiger partial charge in [-0.1, -0.05) is 18.2 Å². The Morgan fingerprint density at radius 3 is 2.81 bits per heavy atom. The Hall–Kier alpha value is -3.15. The Kier molecular flexibility index (Phi) is 8.03. The second-order valence-corrected chi connectivity index (χ2v) is 6.32. The fourth-order valence-corrected chi connectivity index (χ4v) is 2.34. The van der Waals surface area contributed by atoms with Crippen LogP contribution in [-0.2, 0) is 16.0 Å². The second kappa shape index (κ2) is 10.8. The zero-order chi connectivity index (χ0) is 19.5. The lowest BCUT2D eigenvalue weighted by molar-refractivity contribution is -0.123. The van der Waals surface area contributed by atoms with Gasteiger partial charge in [-0.25, -0.2) is 0 Å². The van der Waals surface area contributed by atoms with Crippen LogP contribution < -0.4 is 15.4 Å². The van der Waals surface area contributed by atoms with Crippen molar-refractivity contribution in [1.82, 2.24) is 15.6 Å². The first-order valence-electron chi connectivity index (χ1n) is 8.90. The third-order valence-electron chi connectivity index (χ3n) is 3.54. The number of amides is 2. The summed E-state index contributed by atoms with van der Waals surface area (Å²) >= 11 is 0. The third-order valence-corrected chi connectivity index (χ3v) is 3.54. The van der Waals surface area contributed by atoms with Gasteiger partial charge in [0.1, 0.15) is 5.75 Å². The van der Waals surface area contributed by atoms with Crippen molar-refractivity contribution in [2.75, 3.05) is 13.2 Å². The maximum absolute atomic E-state index is 11.9. The number of nitrogens with zero attached hydrogens (tertiary/aromatic N) is 1. The molecular formula is C21H25N3O3. The summed E-state index contributed by atoms with van der Waals surface area (Å²) in [4.78, 5) is 27.5. The molecule has 1 aromatic carbocycles. The minimum atomic E-state index is -0.156. The quantitative estimate of drug-likeness (QED) is 0.667. The number of rotatable bonds is 9. The molecule has 0 unspecified atom stereocenters. The van der Waals surface area contributed by atoms with E-state index in [0.717, 1.165) is 11.1 Å². The van der Waals surface area contributed by atoms with E-state index >= 15 is 0 Å². The van der Waals surface area contributed by atoms with Gasteiger partial charge in [0.2, 0.25) is 5.91 Å². The van der Waals surface area contributed by atoms with Crippen molar-refractivity contribution < 1.29 is 14.3 Å². The number of hydrogen-bond acceptors (Lipinski definition) is 4. The van der Waals surface area contributed by atoms with Gasteiger partial charge >= 0.3 is 0 Å². The highest BCUT2D eigenvalue weighted by Crippen LogP contribution is 2.13. The second-order valence-electron chi connectivity index (χ2n) is 6.32. The van der Waals surface area contributed by atoms with Gasteiger partial charge < -0.3 is 15.4 Å². The Morgan fingerprint density at radius 2 is 2.07 bits per heavy atom. The van der Waals surface area contributed by atoms with Gasteiger partial charge in [-0.3, -0.25) is 14.6 Å². The summed E-state index contributed by atoms with van der Waals surface area (Å²) in [6, 6.07) is 11.3. The number of nitrogens with one attached hydrogen (secondary N) is 2. The van der Waals surface area contributed by atoms with Gasteiger partial charge in [0.05, 0.1) is 0 Å². The van der Waals surface area contributed by atoms with Gasteiger partial charge in [-0.05, 0) is 55.7 Å². The average molecular weight is 367 g/mol. The summed E-state index contributed by atoms with van der Waals surface area (Å²) in [6.45, 7) is 4.29. The number of benzene rings is 1. The first-order valence-corrected chi connectivity index (χ1v) is 8.90. The van der Waals surface area contributed by atoms with Gasteiger partial charge in [0.25, 0.3) is 5.91 Å². The molecule has 0 atom stereocenters. The van der Waals surface area contributed by atoms with E-state index in [1.54, 1.807) is 24.5 Å². The number of ether oxygens (including phenoxy) is 1. The largest absolute Gasteiger partial charge is 0.484 e. The van der Waals surface area contributed by atoms with Crippen LogP contribution in [0.4, 0.5) is 0 Å². The molecule has 1 aromatic heterocycles. The SMILES string of the molecule is CC(C)NC(=O)COc1cccc(CCNC(=O)C=Cc2cccnc2)c1. The normalized spacial score (nSPS) is 10.8. The molecule has 0 aliphatic rings. The molecule has 142 valence electrons. The molecule has 0 fully saturated rings. The highest BCUT2D eigenvalue weighted by Gasteiger charge is 2.05. The predicted octanol–water partition coefficient (Wildman–Crippen LogP) is 2.36. The minimum absolute atomic E-state index is 0.0164. The van der Waals surface area contributed by atoms with Crippen LogP contribution >= 0.6 is 0 Å². The summed E-state index contributed by atoms with van der Waals surface area (Å²) in [5.74, 6) is 0.328. The van der Waals surface area contributed by atoms with Crippen LogP contribution in [0.25, 0.3) is 6.08 Å². The van der Waals surface area contributed by atoms with Crippen LogP contribution in [0.3, 0.4) is 0 Å². The summed E-state index contributed by atoms with van der Waals surface area (Å²) in [7, 11) is 0. The molecule has 0 spiro atoms. The van der Waals surface area contributed by atoms with Gasteiger partial charge in [-0.2, -0.15) is 0 Å². The van der Waals surface area contributed by atoms with Crippen LogP contribution in [0.1, 0.15) is 25.0 Å². The zero-order valence-corrected chi connectivity index (χ0v) is 15.6. The lowest BCUT2D eigenvalue weighted by Gasteiger charge is -2.10. The summed E-state index contributed by atoms with van der Waals surface area (Å²) < 4.78 is 5.51. The van der Waals surface area contributed by atoms with Gasteiger partial charge in [-0.15, -0.1) is 0 Å². The number of carbonyl (C=O) groups is 2. The lowest BCUT2D eigenvalue weighted by atomic mass is 10.1. The molecule has 1 heterocycles. The number of carbonyl (C=O) groups excluding carboxylic acids is 2. The number of hydrogen-bond donors (Lipinski definition) is 2. The third kappa shape index (κ3) is 8.18. The van der Waals surface area contributed by atoms with Crippen molar-refractivity contribution in [3.8, 4) is 5.75 Å². The van der Waals surface area contributed by atoms with Crippen LogP contribution in [0.5, 0.6) is 5.75 Å². The van der Waals surface area contributed by atoms with E-state index in [1.165, 1.54) is 6.08 Å². The van der Waals surface area contributed by atoms with Crippen molar-refractivity contribution >= 4 is 17.9 Å². The minimum Gasteiger partial charge on any atom is -0.484 e. The molecule has 0 aliphatic heterocycles. The molecule has 6 nitrogen and oxygen atoms in total. The summed E-state index contributed by atoms with van der Waals surface area (Å²) in [6.07, 6.45) is 7.26. The van der Waals surface area contributed by atoms with E-state index in [4.69, 9.17) is 4.74 Å². The zero-order valence-electron chi connectivity index (χ0n) is 15.6. The van der Waals surface area contributed by atoms with Crippen molar-refractivity contribution in [1.29, 1.82) is 0 Å². The van der Waals surface area contributed by atoms with Crippen molar-refractivity contribution in [2.45, 2.75) is 26.3 Å². The maximum atomic E-state index is 11.9. The average Bonchev–Trinajstić information content (AvgIpc) is 2.65. The molecule has 27 heavy (non-hydrogen) atoms. The van der Waals surface area contributed by atoms with E-state index in [-0.39, 0.29) is 24.5 Å². The highest BCUT2D eigenvalue weighted by atomic mass is 16.5. The molecule has 0 saturated heterocycles. The van der Waals surface area contributed by atoms with Gasteiger partial charge in [0, 0.05) is 31.1 Å². The summed E-state index contributed by atoms with van der Waals surface area (Å²) in [5.41, 5.74) is 1.90. The molecule has 6 heteroatoms. The Bertz CT molecular complexity index is 773. The number of aromatic nitrogens is 1. The van der Waals surface area contributed by atoms with E-state index in [2.05, 4.69) is 15.6 Å². The van der Waals surface area contributed by atoms with E-state index in [0.29, 0.717) is 18.7 Å². The predicted molar refractivity (Wildman–Crippen MR) is 105 cm³/mol. The Morgan fingerprint density at radius 1 is 1.22 bits per heavy atom. The molecule has 2 N–H and O–H groups in total.